The van der Waals surface area contributed by atoms with E-state index in [1.165, 1.54) is 0 Å². The maximum Gasteiger partial charge on any atom is 0.315 e. The Morgan fingerprint density at radius 2 is 2.05 bits per heavy atom. The average molecular weight is 265 g/mol. The maximum absolute atomic E-state index is 11.5. The zero-order chi connectivity index (χ0) is 14.3. The lowest BCUT2D eigenvalue weighted by molar-refractivity contribution is -0.142. The second-order valence-electron chi connectivity index (χ2n) is 4.57. The molecule has 1 heterocycles. The molecule has 0 aromatic carbocycles. The summed E-state index contributed by atoms with van der Waals surface area (Å²) in [6.07, 6.45) is 1.65. The highest BCUT2D eigenvalue weighted by molar-refractivity contribution is 5.75. The van der Waals surface area contributed by atoms with Crippen LogP contribution in [0.15, 0.2) is 24.4 Å². The van der Waals surface area contributed by atoms with Crippen LogP contribution in [0.4, 0.5) is 4.79 Å². The number of carboxylic acids is 1. The SMILES string of the molecule is CC(C)C(CNC(=O)NCc1ccccn1)C(=O)O. The first-order valence-corrected chi connectivity index (χ1v) is 6.15. The number of carbonyl (C=O) groups is 2. The van der Waals surface area contributed by atoms with E-state index in [1.54, 1.807) is 18.3 Å². The van der Waals surface area contributed by atoms with Crippen molar-refractivity contribution in [1.82, 2.24) is 15.6 Å². The minimum atomic E-state index is -0.903. The molecule has 0 saturated heterocycles. The fourth-order valence-corrected chi connectivity index (χ4v) is 1.55. The molecule has 0 fully saturated rings. The van der Waals surface area contributed by atoms with Gasteiger partial charge in [-0.15, -0.1) is 0 Å². The molecule has 1 aromatic heterocycles. The predicted octanol–water partition coefficient (Wildman–Crippen LogP) is 1.24. The number of hydrogen-bond donors (Lipinski definition) is 3. The first kappa shape index (κ1) is 14.9. The van der Waals surface area contributed by atoms with Crippen molar-refractivity contribution in [3.05, 3.63) is 30.1 Å². The molecular formula is C13H19N3O3. The molecule has 0 aliphatic rings. The molecule has 1 atom stereocenters. The van der Waals surface area contributed by atoms with Crippen LogP contribution in [0.2, 0.25) is 0 Å². The lowest BCUT2D eigenvalue weighted by atomic mass is 9.96. The van der Waals surface area contributed by atoms with Crippen LogP contribution in [0.1, 0.15) is 19.5 Å². The molecule has 1 aromatic rings. The molecular weight excluding hydrogens is 246 g/mol. The predicted molar refractivity (Wildman–Crippen MR) is 70.4 cm³/mol. The summed E-state index contributed by atoms with van der Waals surface area (Å²) in [5, 5.41) is 14.2. The molecule has 6 nitrogen and oxygen atoms in total. The van der Waals surface area contributed by atoms with Crippen LogP contribution in [0.25, 0.3) is 0 Å². The highest BCUT2D eigenvalue weighted by Gasteiger charge is 2.21. The largest absolute Gasteiger partial charge is 0.481 e. The molecule has 104 valence electrons. The third-order valence-electron chi connectivity index (χ3n) is 2.76. The minimum Gasteiger partial charge on any atom is -0.481 e. The Morgan fingerprint density at radius 1 is 1.32 bits per heavy atom. The number of aliphatic carboxylic acids is 1. The van der Waals surface area contributed by atoms with Gasteiger partial charge in [-0.2, -0.15) is 0 Å². The molecule has 0 aliphatic carbocycles. The Morgan fingerprint density at radius 3 is 2.58 bits per heavy atom. The average Bonchev–Trinajstić information content (AvgIpc) is 2.37. The van der Waals surface area contributed by atoms with Crippen molar-refractivity contribution >= 4 is 12.0 Å². The van der Waals surface area contributed by atoms with Gasteiger partial charge in [0.1, 0.15) is 0 Å². The van der Waals surface area contributed by atoms with Gasteiger partial charge in [-0.3, -0.25) is 9.78 Å². The van der Waals surface area contributed by atoms with Crippen LogP contribution in [-0.2, 0) is 11.3 Å². The summed E-state index contributed by atoms with van der Waals surface area (Å²) in [5.41, 5.74) is 0.747. The van der Waals surface area contributed by atoms with Gasteiger partial charge in [-0.05, 0) is 18.1 Å². The van der Waals surface area contributed by atoms with Gasteiger partial charge in [0.05, 0.1) is 18.2 Å². The number of pyridine rings is 1. The van der Waals surface area contributed by atoms with Crippen molar-refractivity contribution in [3.63, 3.8) is 0 Å². The van der Waals surface area contributed by atoms with E-state index < -0.39 is 17.9 Å². The number of hydrogen-bond acceptors (Lipinski definition) is 3. The third-order valence-corrected chi connectivity index (χ3v) is 2.76. The van der Waals surface area contributed by atoms with Crippen LogP contribution in [0.3, 0.4) is 0 Å². The van der Waals surface area contributed by atoms with Crippen LogP contribution in [0, 0.1) is 11.8 Å². The molecule has 0 aliphatic heterocycles. The summed E-state index contributed by atoms with van der Waals surface area (Å²) in [7, 11) is 0. The minimum absolute atomic E-state index is 0.0337. The van der Waals surface area contributed by atoms with E-state index in [4.69, 9.17) is 5.11 Å². The second-order valence-corrected chi connectivity index (χ2v) is 4.57. The third kappa shape index (κ3) is 5.37. The second kappa shape index (κ2) is 7.35. The normalized spacial score (nSPS) is 11.9. The number of urea groups is 1. The Balaban J connectivity index is 2.33. The summed E-state index contributed by atoms with van der Waals surface area (Å²) in [6.45, 7) is 4.05. The van der Waals surface area contributed by atoms with Gasteiger partial charge in [0.15, 0.2) is 0 Å². The van der Waals surface area contributed by atoms with Crippen molar-refractivity contribution in [1.29, 1.82) is 0 Å². The van der Waals surface area contributed by atoms with Crippen molar-refractivity contribution in [2.75, 3.05) is 6.54 Å². The molecule has 2 amide bonds. The smallest absolute Gasteiger partial charge is 0.315 e. The summed E-state index contributed by atoms with van der Waals surface area (Å²) in [6, 6.07) is 5.04. The van der Waals surface area contributed by atoms with Gasteiger partial charge in [0.25, 0.3) is 0 Å². The van der Waals surface area contributed by atoms with E-state index >= 15 is 0 Å². The number of carboxylic acid groups (broad SMARTS) is 1. The van der Waals surface area contributed by atoms with Crippen molar-refractivity contribution in [2.45, 2.75) is 20.4 Å². The molecule has 1 unspecified atom stereocenters. The zero-order valence-corrected chi connectivity index (χ0v) is 11.1. The van der Waals surface area contributed by atoms with E-state index in [1.807, 2.05) is 19.9 Å². The number of nitrogens with one attached hydrogen (secondary N) is 2. The lowest BCUT2D eigenvalue weighted by Gasteiger charge is -2.16. The van der Waals surface area contributed by atoms with Crippen LogP contribution in [0.5, 0.6) is 0 Å². The van der Waals surface area contributed by atoms with Crippen LogP contribution in [-0.4, -0.2) is 28.6 Å². The van der Waals surface area contributed by atoms with E-state index in [9.17, 15) is 9.59 Å². The molecule has 3 N–H and O–H groups in total. The quantitative estimate of drug-likeness (QED) is 0.721. The standard InChI is InChI=1S/C13H19N3O3/c1-9(2)11(12(17)18)8-16-13(19)15-7-10-5-3-4-6-14-10/h3-6,9,11H,7-8H2,1-2H3,(H,17,18)(H2,15,16,19). The van der Waals surface area contributed by atoms with E-state index in [0.717, 1.165) is 5.69 Å². The van der Waals surface area contributed by atoms with Gasteiger partial charge in [0.2, 0.25) is 0 Å². The van der Waals surface area contributed by atoms with Gasteiger partial charge < -0.3 is 15.7 Å². The first-order valence-electron chi connectivity index (χ1n) is 6.15. The Kier molecular flexibility index (Phi) is 5.78. The Bertz CT molecular complexity index is 420. The van der Waals surface area contributed by atoms with E-state index in [-0.39, 0.29) is 12.5 Å². The molecule has 6 heteroatoms. The number of rotatable bonds is 6. The summed E-state index contributed by atoms with van der Waals surface area (Å²) < 4.78 is 0. The van der Waals surface area contributed by atoms with Crippen LogP contribution >= 0.6 is 0 Å². The Hall–Kier alpha value is -2.11. The summed E-state index contributed by atoms with van der Waals surface area (Å²) in [5.74, 6) is -1.52. The fourth-order valence-electron chi connectivity index (χ4n) is 1.55. The highest BCUT2D eigenvalue weighted by Crippen LogP contribution is 2.09. The van der Waals surface area contributed by atoms with Crippen molar-refractivity contribution in [2.24, 2.45) is 11.8 Å². The molecule has 1 rings (SSSR count). The van der Waals surface area contributed by atoms with Crippen molar-refractivity contribution in [3.8, 4) is 0 Å². The topological polar surface area (TPSA) is 91.3 Å². The lowest BCUT2D eigenvalue weighted by Crippen LogP contribution is -2.41. The monoisotopic (exact) mass is 265 g/mol. The molecule has 0 radical (unpaired) electrons. The number of aromatic nitrogens is 1. The number of nitrogens with zero attached hydrogens (tertiary/aromatic N) is 1. The molecule has 0 spiro atoms. The molecule has 19 heavy (non-hydrogen) atoms. The summed E-state index contributed by atoms with van der Waals surface area (Å²) >= 11 is 0. The molecule has 0 bridgehead atoms. The number of carbonyl (C=O) groups excluding carboxylic acids is 1. The number of amides is 2. The molecule has 0 saturated carbocycles. The van der Waals surface area contributed by atoms with Gasteiger partial charge in [0, 0.05) is 12.7 Å². The van der Waals surface area contributed by atoms with Crippen LogP contribution < -0.4 is 10.6 Å². The van der Waals surface area contributed by atoms with E-state index in [0.29, 0.717) is 6.54 Å². The zero-order valence-electron chi connectivity index (χ0n) is 11.1. The Labute approximate surface area is 112 Å². The highest BCUT2D eigenvalue weighted by atomic mass is 16.4. The summed E-state index contributed by atoms with van der Waals surface area (Å²) in [4.78, 5) is 26.5. The first-order chi connectivity index (χ1) is 9.00. The van der Waals surface area contributed by atoms with Crippen molar-refractivity contribution < 1.29 is 14.7 Å². The van der Waals surface area contributed by atoms with Gasteiger partial charge in [-0.25, -0.2) is 4.79 Å². The van der Waals surface area contributed by atoms with Gasteiger partial charge >= 0.3 is 12.0 Å². The maximum atomic E-state index is 11.5. The fraction of sp³-hybridized carbons (Fsp3) is 0.462. The van der Waals surface area contributed by atoms with E-state index in [2.05, 4.69) is 15.6 Å². The van der Waals surface area contributed by atoms with Gasteiger partial charge in [-0.1, -0.05) is 19.9 Å².